The topological polar surface area (TPSA) is 46.6 Å². The fraction of sp³-hybridized carbons (Fsp3) is 0.625. The molecule has 0 heterocycles. The van der Waals surface area contributed by atoms with E-state index in [1.165, 1.54) is 6.26 Å². The van der Waals surface area contributed by atoms with Crippen molar-refractivity contribution in [2.45, 2.75) is 37.5 Å². The number of benzene rings is 1. The molecule has 0 unspecified atom stereocenters. The molecule has 1 fully saturated rings. The third-order valence-electron chi connectivity index (χ3n) is 4.33. The van der Waals surface area contributed by atoms with E-state index in [1.54, 1.807) is 0 Å². The summed E-state index contributed by atoms with van der Waals surface area (Å²) in [4.78, 5) is 2.14. The van der Waals surface area contributed by atoms with Crippen LogP contribution in [0.1, 0.15) is 24.8 Å². The number of ether oxygens (including phenoxy) is 1. The Morgan fingerprint density at radius 3 is 2.67 bits per heavy atom. The van der Waals surface area contributed by atoms with Crippen molar-refractivity contribution >= 4 is 9.84 Å². The lowest BCUT2D eigenvalue weighted by Crippen LogP contribution is -2.43. The lowest BCUT2D eigenvalue weighted by molar-refractivity contribution is 0.193. The molecule has 2 atom stereocenters. The van der Waals surface area contributed by atoms with E-state index in [0.29, 0.717) is 6.61 Å². The minimum atomic E-state index is -2.96. The fourth-order valence-corrected chi connectivity index (χ4v) is 4.60. The largest absolute Gasteiger partial charge is 0.492 e. The molecule has 0 spiro atoms. The van der Waals surface area contributed by atoms with Gasteiger partial charge in [-0.25, -0.2) is 8.42 Å². The molecule has 1 aliphatic carbocycles. The van der Waals surface area contributed by atoms with E-state index < -0.39 is 9.84 Å². The summed E-state index contributed by atoms with van der Waals surface area (Å²) >= 11 is 0. The van der Waals surface area contributed by atoms with Crippen LogP contribution in [0, 0.1) is 6.92 Å². The maximum atomic E-state index is 11.8. The first-order chi connectivity index (χ1) is 9.89. The van der Waals surface area contributed by atoms with Gasteiger partial charge in [0.2, 0.25) is 0 Å². The minimum absolute atomic E-state index is 0.125. The number of hydrogen-bond donors (Lipinski definition) is 0. The van der Waals surface area contributed by atoms with Crippen molar-refractivity contribution in [1.82, 2.24) is 4.90 Å². The number of hydrogen-bond acceptors (Lipinski definition) is 4. The monoisotopic (exact) mass is 311 g/mol. The maximum absolute atomic E-state index is 11.8. The Bertz CT molecular complexity index is 571. The Morgan fingerprint density at radius 1 is 1.29 bits per heavy atom. The molecule has 1 aliphatic rings. The molecule has 0 saturated heterocycles. The lowest BCUT2D eigenvalue weighted by Gasteiger charge is -2.28. The second-order valence-corrected chi connectivity index (χ2v) is 8.23. The van der Waals surface area contributed by atoms with E-state index in [-0.39, 0.29) is 11.3 Å². The number of para-hydroxylation sites is 1. The van der Waals surface area contributed by atoms with Gasteiger partial charge in [-0.1, -0.05) is 24.6 Å². The van der Waals surface area contributed by atoms with Gasteiger partial charge in [-0.15, -0.1) is 0 Å². The van der Waals surface area contributed by atoms with Gasteiger partial charge in [0.25, 0.3) is 0 Å². The van der Waals surface area contributed by atoms with Crippen LogP contribution in [-0.4, -0.2) is 51.1 Å². The van der Waals surface area contributed by atoms with Gasteiger partial charge in [-0.3, -0.25) is 4.90 Å². The number of nitrogens with zero attached hydrogens (tertiary/aromatic N) is 1. The number of aryl methyl sites for hydroxylation is 1. The standard InChI is InChI=1S/C16H25NO3S/c1-13-7-4-5-9-15(13)20-12-11-17(2)14-8-6-10-16(14)21(3,18)19/h4-5,7,9,14,16H,6,8,10-12H2,1-3H3/t14-,16-/m1/s1. The second-order valence-electron chi connectivity index (χ2n) is 5.96. The van der Waals surface area contributed by atoms with Gasteiger partial charge in [0.15, 0.2) is 9.84 Å². The highest BCUT2D eigenvalue weighted by Crippen LogP contribution is 2.28. The average Bonchev–Trinajstić information content (AvgIpc) is 2.90. The predicted octanol–water partition coefficient (Wildman–Crippen LogP) is 2.27. The van der Waals surface area contributed by atoms with Crippen molar-refractivity contribution in [2.24, 2.45) is 0 Å². The van der Waals surface area contributed by atoms with E-state index >= 15 is 0 Å². The van der Waals surface area contributed by atoms with E-state index in [1.807, 2.05) is 38.2 Å². The lowest BCUT2D eigenvalue weighted by atomic mass is 10.2. The van der Waals surface area contributed by atoms with Crippen LogP contribution in [0.2, 0.25) is 0 Å². The molecular formula is C16H25NO3S. The van der Waals surface area contributed by atoms with Crippen LogP contribution in [0.5, 0.6) is 5.75 Å². The molecule has 0 aromatic heterocycles. The van der Waals surface area contributed by atoms with Crippen LogP contribution < -0.4 is 4.74 Å². The Kier molecular flexibility index (Phi) is 5.27. The molecule has 0 radical (unpaired) electrons. The second kappa shape index (κ2) is 6.79. The van der Waals surface area contributed by atoms with Gasteiger partial charge in [-0.05, 0) is 38.4 Å². The zero-order valence-corrected chi connectivity index (χ0v) is 13.9. The summed E-state index contributed by atoms with van der Waals surface area (Å²) in [5, 5.41) is -0.221. The summed E-state index contributed by atoms with van der Waals surface area (Å²) in [5.41, 5.74) is 1.12. The van der Waals surface area contributed by atoms with Crippen molar-refractivity contribution in [3.05, 3.63) is 29.8 Å². The van der Waals surface area contributed by atoms with Crippen LogP contribution in [0.4, 0.5) is 0 Å². The zero-order chi connectivity index (χ0) is 15.5. The fourth-order valence-electron chi connectivity index (χ4n) is 3.09. The van der Waals surface area contributed by atoms with Gasteiger partial charge >= 0.3 is 0 Å². The van der Waals surface area contributed by atoms with Crippen molar-refractivity contribution < 1.29 is 13.2 Å². The summed E-state index contributed by atoms with van der Waals surface area (Å²) in [5.74, 6) is 0.900. The van der Waals surface area contributed by atoms with Crippen LogP contribution in [-0.2, 0) is 9.84 Å². The van der Waals surface area contributed by atoms with E-state index in [2.05, 4.69) is 4.90 Å². The average molecular weight is 311 g/mol. The van der Waals surface area contributed by atoms with Crippen molar-refractivity contribution in [3.63, 3.8) is 0 Å². The highest BCUT2D eigenvalue weighted by Gasteiger charge is 2.36. The quantitative estimate of drug-likeness (QED) is 0.808. The maximum Gasteiger partial charge on any atom is 0.151 e. The Hall–Kier alpha value is -1.07. The van der Waals surface area contributed by atoms with Crippen LogP contribution in [0.25, 0.3) is 0 Å². The SMILES string of the molecule is Cc1ccccc1OCCN(C)[C@@H]1CCC[C@H]1S(C)(=O)=O. The Labute approximate surface area is 128 Å². The van der Waals surface area contributed by atoms with Gasteiger partial charge in [-0.2, -0.15) is 0 Å². The summed E-state index contributed by atoms with van der Waals surface area (Å²) in [7, 11) is -0.968. The third kappa shape index (κ3) is 4.20. The predicted molar refractivity (Wildman–Crippen MR) is 85.6 cm³/mol. The van der Waals surface area contributed by atoms with Crippen molar-refractivity contribution in [1.29, 1.82) is 0 Å². The van der Waals surface area contributed by atoms with Crippen LogP contribution in [0.15, 0.2) is 24.3 Å². The minimum Gasteiger partial charge on any atom is -0.492 e. The molecule has 0 aliphatic heterocycles. The smallest absolute Gasteiger partial charge is 0.151 e. The van der Waals surface area contributed by atoms with Gasteiger partial charge in [0, 0.05) is 18.8 Å². The van der Waals surface area contributed by atoms with Crippen molar-refractivity contribution in [2.75, 3.05) is 26.5 Å². The molecule has 0 bridgehead atoms. The first kappa shape index (κ1) is 16.3. The van der Waals surface area contributed by atoms with E-state index in [0.717, 1.165) is 37.1 Å². The Balaban J connectivity index is 1.87. The third-order valence-corrected chi connectivity index (χ3v) is 5.98. The molecule has 1 saturated carbocycles. The summed E-state index contributed by atoms with van der Waals surface area (Å²) in [6.07, 6.45) is 4.09. The molecule has 2 rings (SSSR count). The molecule has 4 nitrogen and oxygen atoms in total. The highest BCUT2D eigenvalue weighted by atomic mass is 32.2. The first-order valence-corrected chi connectivity index (χ1v) is 9.42. The summed E-state index contributed by atoms with van der Waals surface area (Å²) in [6, 6.07) is 8.06. The molecule has 118 valence electrons. The highest BCUT2D eigenvalue weighted by molar-refractivity contribution is 7.91. The molecule has 0 N–H and O–H groups in total. The molecular weight excluding hydrogens is 286 g/mol. The summed E-state index contributed by atoms with van der Waals surface area (Å²) in [6.45, 7) is 3.34. The van der Waals surface area contributed by atoms with E-state index in [9.17, 15) is 8.42 Å². The molecule has 0 amide bonds. The van der Waals surface area contributed by atoms with Gasteiger partial charge in [0.1, 0.15) is 12.4 Å². The van der Waals surface area contributed by atoms with Crippen molar-refractivity contribution in [3.8, 4) is 5.75 Å². The Morgan fingerprint density at radius 2 is 2.00 bits per heavy atom. The molecule has 1 aromatic carbocycles. The normalized spacial score (nSPS) is 22.7. The first-order valence-electron chi connectivity index (χ1n) is 7.47. The van der Waals surface area contributed by atoms with Crippen LogP contribution >= 0.6 is 0 Å². The zero-order valence-electron chi connectivity index (χ0n) is 13.1. The molecule has 21 heavy (non-hydrogen) atoms. The molecule has 5 heteroatoms. The number of sulfone groups is 1. The number of likely N-dealkylation sites (N-methyl/N-ethyl adjacent to an activating group) is 1. The molecule has 1 aromatic rings. The van der Waals surface area contributed by atoms with E-state index in [4.69, 9.17) is 4.74 Å². The van der Waals surface area contributed by atoms with Gasteiger partial charge in [0.05, 0.1) is 5.25 Å². The summed E-state index contributed by atoms with van der Waals surface area (Å²) < 4.78 is 29.5. The number of rotatable bonds is 6. The van der Waals surface area contributed by atoms with Gasteiger partial charge < -0.3 is 4.74 Å². The van der Waals surface area contributed by atoms with Crippen LogP contribution in [0.3, 0.4) is 0 Å².